The van der Waals surface area contributed by atoms with Gasteiger partial charge >= 0.3 is 5.97 Å². The molecular weight excluding hydrogens is 330 g/mol. The van der Waals surface area contributed by atoms with Gasteiger partial charge in [-0.05, 0) is 17.6 Å². The second-order valence-electron chi connectivity index (χ2n) is 5.57. The maximum atomic E-state index is 12.4. The first-order valence-electron chi connectivity index (χ1n) is 7.43. The van der Waals surface area contributed by atoms with Crippen LogP contribution in [0, 0.1) is 5.92 Å². The van der Waals surface area contributed by atoms with Crippen LogP contribution in [-0.4, -0.2) is 34.2 Å². The highest BCUT2D eigenvalue weighted by atomic mass is 32.2. The fourth-order valence-electron chi connectivity index (χ4n) is 1.93. The lowest BCUT2D eigenvalue weighted by Gasteiger charge is -2.14. The minimum Gasteiger partial charge on any atom is -0.465 e. The number of nitrogens with zero attached hydrogens (tertiary/aromatic N) is 1. The molecule has 0 atom stereocenters. The van der Waals surface area contributed by atoms with Gasteiger partial charge in [0.2, 0.25) is 0 Å². The Morgan fingerprint density at radius 3 is 2.70 bits per heavy atom. The molecule has 0 N–H and O–H groups in total. The Kier molecular flexibility index (Phi) is 6.36. The summed E-state index contributed by atoms with van der Waals surface area (Å²) in [7, 11) is 0. The number of hydrogen-bond donors (Lipinski definition) is 0. The fraction of sp³-hybridized carbons (Fsp3) is 0.353. The van der Waals surface area contributed by atoms with Crippen LogP contribution in [0.5, 0.6) is 0 Å². The number of benzene rings is 1. The van der Waals surface area contributed by atoms with E-state index in [1.165, 1.54) is 16.7 Å². The minimum atomic E-state index is -0.306. The maximum Gasteiger partial charge on any atom is 0.307 e. The third-order valence-electron chi connectivity index (χ3n) is 3.09. The van der Waals surface area contributed by atoms with E-state index in [0.29, 0.717) is 21.8 Å². The van der Waals surface area contributed by atoms with E-state index in [9.17, 15) is 9.59 Å². The molecule has 0 aromatic heterocycles. The van der Waals surface area contributed by atoms with Crippen molar-refractivity contribution in [3.63, 3.8) is 0 Å². The second kappa shape index (κ2) is 8.26. The summed E-state index contributed by atoms with van der Waals surface area (Å²) >= 11 is 6.51. The predicted octanol–water partition coefficient (Wildman–Crippen LogP) is 3.48. The Labute approximate surface area is 145 Å². The van der Waals surface area contributed by atoms with Crippen LogP contribution in [0.1, 0.15) is 25.8 Å². The molecule has 1 amide bonds. The number of rotatable bonds is 6. The molecule has 1 aromatic rings. The zero-order valence-electron chi connectivity index (χ0n) is 13.2. The first-order valence-corrected chi connectivity index (χ1v) is 8.66. The largest absolute Gasteiger partial charge is 0.465 e. The number of carbonyl (C=O) groups is 2. The Morgan fingerprint density at radius 2 is 2.04 bits per heavy atom. The van der Waals surface area contributed by atoms with Crippen molar-refractivity contribution >= 4 is 46.3 Å². The predicted molar refractivity (Wildman–Crippen MR) is 96.7 cm³/mol. The second-order valence-corrected chi connectivity index (χ2v) is 7.25. The van der Waals surface area contributed by atoms with Gasteiger partial charge in [-0.3, -0.25) is 14.5 Å². The summed E-state index contributed by atoms with van der Waals surface area (Å²) in [5.74, 6) is -0.162. The lowest BCUT2D eigenvalue weighted by Crippen LogP contribution is -2.30. The van der Waals surface area contributed by atoms with E-state index in [1.54, 1.807) is 0 Å². The molecular formula is C17H19NO3S2. The molecule has 1 aromatic carbocycles. The highest BCUT2D eigenvalue weighted by Crippen LogP contribution is 2.32. The molecule has 1 fully saturated rings. The van der Waals surface area contributed by atoms with Gasteiger partial charge in [0.05, 0.1) is 17.9 Å². The Morgan fingerprint density at radius 1 is 1.35 bits per heavy atom. The van der Waals surface area contributed by atoms with Gasteiger partial charge in [0.15, 0.2) is 0 Å². The molecule has 1 aliphatic rings. The molecule has 0 unspecified atom stereocenters. The zero-order chi connectivity index (χ0) is 16.8. The van der Waals surface area contributed by atoms with E-state index in [0.717, 1.165) is 5.56 Å². The van der Waals surface area contributed by atoms with E-state index in [4.69, 9.17) is 17.0 Å². The zero-order valence-corrected chi connectivity index (χ0v) is 14.8. The van der Waals surface area contributed by atoms with Crippen LogP contribution in [0.25, 0.3) is 6.08 Å². The molecule has 2 rings (SSSR count). The highest BCUT2D eigenvalue weighted by molar-refractivity contribution is 8.26. The van der Waals surface area contributed by atoms with Crippen molar-refractivity contribution in [2.45, 2.75) is 20.3 Å². The number of esters is 1. The van der Waals surface area contributed by atoms with Crippen LogP contribution in [0.2, 0.25) is 0 Å². The van der Waals surface area contributed by atoms with Crippen molar-refractivity contribution in [2.75, 3.05) is 13.2 Å². The van der Waals surface area contributed by atoms with Crippen LogP contribution in [0.15, 0.2) is 35.2 Å². The maximum absolute atomic E-state index is 12.4. The molecule has 0 radical (unpaired) electrons. The molecule has 1 aliphatic heterocycles. The molecule has 122 valence electrons. The van der Waals surface area contributed by atoms with Crippen molar-refractivity contribution in [2.24, 2.45) is 5.92 Å². The first kappa shape index (κ1) is 17.7. The van der Waals surface area contributed by atoms with Crippen molar-refractivity contribution in [3.05, 3.63) is 40.8 Å². The molecule has 0 spiro atoms. The normalized spacial score (nSPS) is 16.5. The Balaban J connectivity index is 1.94. The van der Waals surface area contributed by atoms with E-state index in [2.05, 4.69) is 0 Å². The van der Waals surface area contributed by atoms with Crippen molar-refractivity contribution in [3.8, 4) is 0 Å². The molecule has 4 nitrogen and oxygen atoms in total. The molecule has 6 heteroatoms. The number of thioether (sulfide) groups is 1. The van der Waals surface area contributed by atoms with E-state index in [1.807, 2.05) is 50.3 Å². The quantitative estimate of drug-likeness (QED) is 0.447. The number of hydrogen-bond acceptors (Lipinski definition) is 5. The minimum absolute atomic E-state index is 0.151. The molecule has 0 aliphatic carbocycles. The summed E-state index contributed by atoms with van der Waals surface area (Å²) in [4.78, 5) is 26.1. The molecule has 1 saturated heterocycles. The molecule has 23 heavy (non-hydrogen) atoms. The van der Waals surface area contributed by atoms with Gasteiger partial charge in [-0.1, -0.05) is 68.2 Å². The van der Waals surface area contributed by atoms with Crippen molar-refractivity contribution < 1.29 is 14.3 Å². The molecule has 0 saturated carbocycles. The first-order chi connectivity index (χ1) is 11.0. The van der Waals surface area contributed by atoms with Gasteiger partial charge in [-0.25, -0.2) is 0 Å². The van der Waals surface area contributed by atoms with Crippen LogP contribution in [0.4, 0.5) is 0 Å². The Bertz CT molecular complexity index is 626. The average Bonchev–Trinajstić information content (AvgIpc) is 2.78. The Hall–Kier alpha value is -1.66. The third-order valence-corrected chi connectivity index (χ3v) is 4.47. The summed E-state index contributed by atoms with van der Waals surface area (Å²) in [6, 6.07) is 9.60. The van der Waals surface area contributed by atoms with Crippen LogP contribution in [-0.2, 0) is 14.3 Å². The number of amides is 1. The summed E-state index contributed by atoms with van der Waals surface area (Å²) in [6.07, 6.45) is 1.97. The van der Waals surface area contributed by atoms with Crippen LogP contribution in [0.3, 0.4) is 0 Å². The SMILES string of the molecule is CC(C)COC(=O)CCN1C(=O)/C(=C/c2ccccc2)SC1=S. The number of carbonyl (C=O) groups excluding carboxylic acids is 2. The monoisotopic (exact) mass is 349 g/mol. The van der Waals surface area contributed by atoms with E-state index < -0.39 is 0 Å². The lowest BCUT2D eigenvalue weighted by molar-refractivity contribution is -0.145. The number of thiocarbonyl (C=S) groups is 1. The third kappa shape index (κ3) is 5.18. The van der Waals surface area contributed by atoms with Crippen LogP contribution < -0.4 is 0 Å². The van der Waals surface area contributed by atoms with Crippen LogP contribution >= 0.6 is 24.0 Å². The van der Waals surface area contributed by atoms with Gasteiger partial charge < -0.3 is 4.74 Å². The summed E-state index contributed by atoms with van der Waals surface area (Å²) < 4.78 is 5.60. The van der Waals surface area contributed by atoms with Crippen molar-refractivity contribution in [1.29, 1.82) is 0 Å². The fourth-order valence-corrected chi connectivity index (χ4v) is 3.24. The van der Waals surface area contributed by atoms with E-state index >= 15 is 0 Å². The summed E-state index contributed by atoms with van der Waals surface area (Å²) in [5.41, 5.74) is 0.948. The van der Waals surface area contributed by atoms with E-state index in [-0.39, 0.29) is 24.8 Å². The topological polar surface area (TPSA) is 46.6 Å². The van der Waals surface area contributed by atoms with Crippen molar-refractivity contribution in [1.82, 2.24) is 4.90 Å². The highest BCUT2D eigenvalue weighted by Gasteiger charge is 2.32. The molecule has 0 bridgehead atoms. The van der Waals surface area contributed by atoms with Gasteiger partial charge in [0.25, 0.3) is 5.91 Å². The molecule has 1 heterocycles. The average molecular weight is 349 g/mol. The van der Waals surface area contributed by atoms with Gasteiger partial charge in [-0.15, -0.1) is 0 Å². The lowest BCUT2D eigenvalue weighted by atomic mass is 10.2. The summed E-state index contributed by atoms with van der Waals surface area (Å²) in [5, 5.41) is 0. The van der Waals surface area contributed by atoms with Gasteiger partial charge in [0, 0.05) is 6.54 Å². The smallest absolute Gasteiger partial charge is 0.307 e. The van der Waals surface area contributed by atoms with Gasteiger partial charge in [-0.2, -0.15) is 0 Å². The standard InChI is InChI=1S/C17H19NO3S2/c1-12(2)11-21-15(19)8-9-18-16(20)14(23-17(18)22)10-13-6-4-3-5-7-13/h3-7,10,12H,8-9,11H2,1-2H3/b14-10-. The number of ether oxygens (including phenoxy) is 1. The van der Waals surface area contributed by atoms with Gasteiger partial charge in [0.1, 0.15) is 4.32 Å². The summed E-state index contributed by atoms with van der Waals surface area (Å²) in [6.45, 7) is 4.60.